The first-order valence-electron chi connectivity index (χ1n) is 8.29. The largest absolute Gasteiger partial charge is 0.485 e. The van der Waals surface area contributed by atoms with E-state index in [9.17, 15) is 9.59 Å². The van der Waals surface area contributed by atoms with Gasteiger partial charge in [0.1, 0.15) is 18.0 Å². The molecule has 2 aromatic carbocycles. The SMILES string of the molecule is CCOC(=O)C1COc2cc(-c3cc(=O)c4ccccc4o3)ccc2O1. The van der Waals surface area contributed by atoms with Gasteiger partial charge in [-0.05, 0) is 37.3 Å². The molecule has 1 unspecified atom stereocenters. The molecule has 132 valence electrons. The van der Waals surface area contributed by atoms with Gasteiger partial charge in [-0.1, -0.05) is 12.1 Å². The van der Waals surface area contributed by atoms with Crippen LogP contribution >= 0.6 is 0 Å². The molecule has 6 nitrogen and oxygen atoms in total. The molecule has 1 aromatic heterocycles. The Balaban J connectivity index is 1.67. The third kappa shape index (κ3) is 2.90. The van der Waals surface area contributed by atoms with Gasteiger partial charge in [0.05, 0.1) is 12.0 Å². The molecule has 0 fully saturated rings. The maximum atomic E-state index is 12.3. The van der Waals surface area contributed by atoms with Crippen LogP contribution in [0.15, 0.2) is 57.7 Å². The summed E-state index contributed by atoms with van der Waals surface area (Å²) in [4.78, 5) is 24.1. The maximum Gasteiger partial charge on any atom is 0.350 e. The number of hydrogen-bond donors (Lipinski definition) is 0. The Kier molecular flexibility index (Phi) is 4.08. The minimum atomic E-state index is -0.785. The Hall–Kier alpha value is -3.28. The molecule has 3 aromatic rings. The van der Waals surface area contributed by atoms with Gasteiger partial charge in [-0.25, -0.2) is 4.79 Å². The Morgan fingerprint density at radius 1 is 1.15 bits per heavy atom. The molecule has 4 rings (SSSR count). The highest BCUT2D eigenvalue weighted by molar-refractivity contribution is 5.79. The average Bonchev–Trinajstić information content (AvgIpc) is 2.67. The van der Waals surface area contributed by atoms with Crippen molar-refractivity contribution in [3.8, 4) is 22.8 Å². The van der Waals surface area contributed by atoms with E-state index in [2.05, 4.69) is 0 Å². The molecule has 0 amide bonds. The van der Waals surface area contributed by atoms with E-state index in [0.29, 0.717) is 33.8 Å². The van der Waals surface area contributed by atoms with Crippen LogP contribution < -0.4 is 14.9 Å². The van der Waals surface area contributed by atoms with E-state index in [1.54, 1.807) is 43.3 Å². The fourth-order valence-electron chi connectivity index (χ4n) is 2.82. The van der Waals surface area contributed by atoms with Gasteiger partial charge in [0.2, 0.25) is 6.10 Å². The van der Waals surface area contributed by atoms with E-state index >= 15 is 0 Å². The van der Waals surface area contributed by atoms with E-state index in [4.69, 9.17) is 18.6 Å². The molecular formula is C20H16O6. The van der Waals surface area contributed by atoms with Crippen LogP contribution in [0.1, 0.15) is 6.92 Å². The molecule has 0 bridgehead atoms. The maximum absolute atomic E-state index is 12.3. The minimum absolute atomic E-state index is 0.0664. The number of carbonyl (C=O) groups excluding carboxylic acids is 1. The molecule has 0 N–H and O–H groups in total. The highest BCUT2D eigenvalue weighted by Crippen LogP contribution is 2.36. The number of esters is 1. The van der Waals surface area contributed by atoms with Crippen LogP contribution in [-0.2, 0) is 9.53 Å². The lowest BCUT2D eigenvalue weighted by Gasteiger charge is -2.25. The van der Waals surface area contributed by atoms with E-state index in [1.165, 1.54) is 6.07 Å². The third-order valence-electron chi connectivity index (χ3n) is 4.07. The van der Waals surface area contributed by atoms with Gasteiger partial charge in [0.15, 0.2) is 16.9 Å². The van der Waals surface area contributed by atoms with Gasteiger partial charge in [-0.2, -0.15) is 0 Å². The van der Waals surface area contributed by atoms with Crippen molar-refractivity contribution in [1.29, 1.82) is 0 Å². The smallest absolute Gasteiger partial charge is 0.350 e. The summed E-state index contributed by atoms with van der Waals surface area (Å²) < 4.78 is 22.1. The van der Waals surface area contributed by atoms with Crippen molar-refractivity contribution in [1.82, 2.24) is 0 Å². The number of rotatable bonds is 3. The number of hydrogen-bond acceptors (Lipinski definition) is 6. The first kappa shape index (κ1) is 16.2. The van der Waals surface area contributed by atoms with Gasteiger partial charge in [0, 0.05) is 11.6 Å². The standard InChI is InChI=1S/C20H16O6/c1-2-23-20(22)19-11-24-18-9-12(7-8-16(18)26-19)17-10-14(21)13-5-3-4-6-15(13)25-17/h3-10,19H,2,11H2,1H3. The molecule has 2 heterocycles. The Labute approximate surface area is 148 Å². The molecular weight excluding hydrogens is 336 g/mol. The summed E-state index contributed by atoms with van der Waals surface area (Å²) in [6.07, 6.45) is -0.785. The predicted octanol–water partition coefficient (Wildman–Crippen LogP) is 3.16. The lowest BCUT2D eigenvalue weighted by atomic mass is 10.1. The number of para-hydroxylation sites is 1. The van der Waals surface area contributed by atoms with Crippen LogP contribution in [0.3, 0.4) is 0 Å². The van der Waals surface area contributed by atoms with Crippen LogP contribution in [0.25, 0.3) is 22.3 Å². The second-order valence-electron chi connectivity index (χ2n) is 5.80. The summed E-state index contributed by atoms with van der Waals surface area (Å²) >= 11 is 0. The monoisotopic (exact) mass is 352 g/mol. The van der Waals surface area contributed by atoms with Gasteiger partial charge in [-0.15, -0.1) is 0 Å². The zero-order valence-corrected chi connectivity index (χ0v) is 14.1. The van der Waals surface area contributed by atoms with E-state index in [1.807, 2.05) is 6.07 Å². The number of carbonyl (C=O) groups is 1. The number of fused-ring (bicyclic) bond motifs is 2. The van der Waals surface area contributed by atoms with Crippen LogP contribution in [0.4, 0.5) is 0 Å². The Bertz CT molecular complexity index is 1040. The highest BCUT2D eigenvalue weighted by Gasteiger charge is 2.29. The zero-order chi connectivity index (χ0) is 18.1. The molecule has 0 aliphatic carbocycles. The van der Waals surface area contributed by atoms with Crippen molar-refractivity contribution in [3.63, 3.8) is 0 Å². The van der Waals surface area contributed by atoms with Gasteiger partial charge >= 0.3 is 5.97 Å². The average molecular weight is 352 g/mol. The van der Waals surface area contributed by atoms with Crippen molar-refractivity contribution < 1.29 is 23.4 Å². The van der Waals surface area contributed by atoms with E-state index < -0.39 is 12.1 Å². The predicted molar refractivity (Wildman–Crippen MR) is 94.5 cm³/mol. The molecule has 0 saturated carbocycles. The van der Waals surface area contributed by atoms with E-state index in [0.717, 1.165) is 0 Å². The van der Waals surface area contributed by atoms with Crippen molar-refractivity contribution in [3.05, 3.63) is 58.8 Å². The molecule has 0 spiro atoms. The zero-order valence-electron chi connectivity index (χ0n) is 14.1. The van der Waals surface area contributed by atoms with Crippen LogP contribution in [0, 0.1) is 0 Å². The molecule has 1 atom stereocenters. The molecule has 0 radical (unpaired) electrons. The quantitative estimate of drug-likeness (QED) is 0.674. The van der Waals surface area contributed by atoms with Crippen molar-refractivity contribution >= 4 is 16.9 Å². The summed E-state index contributed by atoms with van der Waals surface area (Å²) in [6, 6.07) is 13.7. The van der Waals surface area contributed by atoms with Crippen molar-refractivity contribution in [2.75, 3.05) is 13.2 Å². The summed E-state index contributed by atoms with van der Waals surface area (Å²) in [5.74, 6) is 0.912. The molecule has 26 heavy (non-hydrogen) atoms. The Morgan fingerprint density at radius 2 is 2.00 bits per heavy atom. The summed E-state index contributed by atoms with van der Waals surface area (Å²) in [5.41, 5.74) is 1.09. The lowest BCUT2D eigenvalue weighted by Crippen LogP contribution is -2.37. The first-order valence-corrected chi connectivity index (χ1v) is 8.29. The first-order chi connectivity index (χ1) is 12.7. The van der Waals surface area contributed by atoms with Crippen LogP contribution in [-0.4, -0.2) is 25.3 Å². The fraction of sp³-hybridized carbons (Fsp3) is 0.200. The molecule has 1 aliphatic rings. The third-order valence-corrected chi connectivity index (χ3v) is 4.07. The Morgan fingerprint density at radius 3 is 2.85 bits per heavy atom. The van der Waals surface area contributed by atoms with Gasteiger partial charge in [0.25, 0.3) is 0 Å². The molecule has 0 saturated heterocycles. The summed E-state index contributed by atoms with van der Waals surface area (Å²) in [6.45, 7) is 2.08. The summed E-state index contributed by atoms with van der Waals surface area (Å²) in [7, 11) is 0. The molecule has 6 heteroatoms. The van der Waals surface area contributed by atoms with Crippen LogP contribution in [0.5, 0.6) is 11.5 Å². The fourth-order valence-corrected chi connectivity index (χ4v) is 2.82. The second-order valence-corrected chi connectivity index (χ2v) is 5.80. The van der Waals surface area contributed by atoms with Crippen LogP contribution in [0.2, 0.25) is 0 Å². The number of ether oxygens (including phenoxy) is 3. The van der Waals surface area contributed by atoms with E-state index in [-0.39, 0.29) is 18.6 Å². The normalized spacial score (nSPS) is 15.7. The second kappa shape index (κ2) is 6.55. The molecule has 1 aliphatic heterocycles. The van der Waals surface area contributed by atoms with Gasteiger partial charge in [-0.3, -0.25) is 4.79 Å². The van der Waals surface area contributed by atoms with Crippen molar-refractivity contribution in [2.24, 2.45) is 0 Å². The topological polar surface area (TPSA) is 75.0 Å². The number of benzene rings is 2. The van der Waals surface area contributed by atoms with Crippen molar-refractivity contribution in [2.45, 2.75) is 13.0 Å². The highest BCUT2D eigenvalue weighted by atomic mass is 16.6. The van der Waals surface area contributed by atoms with Gasteiger partial charge < -0.3 is 18.6 Å². The summed E-state index contributed by atoms with van der Waals surface area (Å²) in [5, 5.41) is 0.533. The minimum Gasteiger partial charge on any atom is -0.485 e. The lowest BCUT2D eigenvalue weighted by molar-refractivity contribution is -0.153.